The van der Waals surface area contributed by atoms with E-state index < -0.39 is 5.91 Å². The van der Waals surface area contributed by atoms with Crippen molar-refractivity contribution in [2.24, 2.45) is 0 Å². The van der Waals surface area contributed by atoms with Crippen LogP contribution in [0, 0.1) is 5.82 Å². The highest BCUT2D eigenvalue weighted by Crippen LogP contribution is 2.23. The van der Waals surface area contributed by atoms with Gasteiger partial charge in [-0.3, -0.25) is 9.48 Å². The number of anilines is 1. The van der Waals surface area contributed by atoms with Crippen LogP contribution in [0.2, 0.25) is 5.02 Å². The van der Waals surface area contributed by atoms with Crippen LogP contribution in [0.3, 0.4) is 0 Å². The Labute approximate surface area is 149 Å². The van der Waals surface area contributed by atoms with Gasteiger partial charge in [0.2, 0.25) is 0 Å². The van der Waals surface area contributed by atoms with Crippen LogP contribution in [0.25, 0.3) is 0 Å². The summed E-state index contributed by atoms with van der Waals surface area (Å²) in [6.07, 6.45) is 1.53. The van der Waals surface area contributed by atoms with E-state index in [1.54, 1.807) is 42.5 Å². The Balaban J connectivity index is 1.79. The third kappa shape index (κ3) is 3.80. The second-order valence-corrected chi connectivity index (χ2v) is 5.68. The fourth-order valence-corrected chi connectivity index (χ4v) is 2.57. The molecule has 128 valence electrons. The van der Waals surface area contributed by atoms with Crippen LogP contribution in [-0.4, -0.2) is 22.8 Å². The van der Waals surface area contributed by atoms with Gasteiger partial charge >= 0.3 is 0 Å². The lowest BCUT2D eigenvalue weighted by atomic mass is 10.2. The van der Waals surface area contributed by atoms with E-state index in [4.69, 9.17) is 16.3 Å². The zero-order valence-electron chi connectivity index (χ0n) is 13.4. The number of methoxy groups -OCH3 is 1. The molecule has 0 fully saturated rings. The number of hydrogen-bond acceptors (Lipinski definition) is 3. The molecule has 0 aliphatic heterocycles. The van der Waals surface area contributed by atoms with E-state index in [2.05, 4.69) is 10.4 Å². The molecule has 1 N–H and O–H groups in total. The van der Waals surface area contributed by atoms with Crippen molar-refractivity contribution < 1.29 is 13.9 Å². The summed E-state index contributed by atoms with van der Waals surface area (Å²) < 4.78 is 20.4. The molecule has 2 aromatic carbocycles. The number of carbonyl (C=O) groups excluding carboxylic acids is 1. The number of aromatic nitrogens is 2. The van der Waals surface area contributed by atoms with Crippen LogP contribution in [0.5, 0.6) is 5.75 Å². The highest BCUT2D eigenvalue weighted by molar-refractivity contribution is 6.33. The van der Waals surface area contributed by atoms with Crippen molar-refractivity contribution in [1.82, 2.24) is 9.78 Å². The Bertz CT molecular complexity index is 911. The lowest BCUT2D eigenvalue weighted by molar-refractivity contribution is 0.102. The van der Waals surface area contributed by atoms with Crippen molar-refractivity contribution in [2.45, 2.75) is 6.54 Å². The van der Waals surface area contributed by atoms with Crippen LogP contribution in [0.15, 0.2) is 54.7 Å². The fraction of sp³-hybridized carbons (Fsp3) is 0.111. The Morgan fingerprint density at radius 1 is 1.24 bits per heavy atom. The quantitative estimate of drug-likeness (QED) is 0.749. The Hall–Kier alpha value is -2.86. The largest absolute Gasteiger partial charge is 0.496 e. The maximum absolute atomic E-state index is 13.7. The maximum Gasteiger partial charge on any atom is 0.260 e. The first kappa shape index (κ1) is 17.0. The molecule has 1 heterocycles. The predicted molar refractivity (Wildman–Crippen MR) is 93.7 cm³/mol. The molecule has 0 radical (unpaired) electrons. The van der Waals surface area contributed by atoms with E-state index in [0.717, 1.165) is 0 Å². The molecule has 3 rings (SSSR count). The Morgan fingerprint density at radius 2 is 1.96 bits per heavy atom. The Morgan fingerprint density at radius 3 is 2.72 bits per heavy atom. The van der Waals surface area contributed by atoms with Crippen molar-refractivity contribution in [3.05, 3.63) is 76.7 Å². The van der Waals surface area contributed by atoms with Gasteiger partial charge in [-0.1, -0.05) is 41.9 Å². The first-order chi connectivity index (χ1) is 12.1. The highest BCUT2D eigenvalue weighted by Gasteiger charge is 2.16. The average Bonchev–Trinajstić information content (AvgIpc) is 2.96. The molecular formula is C18H15ClFN3O2. The van der Waals surface area contributed by atoms with Crippen LogP contribution >= 0.6 is 11.6 Å². The van der Waals surface area contributed by atoms with Gasteiger partial charge in [-0.25, -0.2) is 4.39 Å². The summed E-state index contributed by atoms with van der Waals surface area (Å²) in [6.45, 7) is 0.205. The summed E-state index contributed by atoms with van der Waals surface area (Å²) in [5.41, 5.74) is 0.842. The highest BCUT2D eigenvalue weighted by atomic mass is 35.5. The first-order valence-electron chi connectivity index (χ1n) is 7.49. The molecule has 5 nitrogen and oxygen atoms in total. The number of rotatable bonds is 5. The van der Waals surface area contributed by atoms with Gasteiger partial charge in [0.1, 0.15) is 16.6 Å². The van der Waals surface area contributed by atoms with Gasteiger partial charge in [-0.2, -0.15) is 5.10 Å². The zero-order valence-corrected chi connectivity index (χ0v) is 14.1. The normalized spacial score (nSPS) is 10.5. The van der Waals surface area contributed by atoms with Crippen molar-refractivity contribution >= 4 is 23.3 Å². The van der Waals surface area contributed by atoms with E-state index in [1.165, 1.54) is 24.1 Å². The van der Waals surface area contributed by atoms with Crippen LogP contribution in [0.4, 0.5) is 10.2 Å². The molecular weight excluding hydrogens is 345 g/mol. The van der Waals surface area contributed by atoms with Gasteiger partial charge in [0.25, 0.3) is 5.91 Å². The number of nitrogens with one attached hydrogen (secondary N) is 1. The maximum atomic E-state index is 13.7. The van der Waals surface area contributed by atoms with Crippen LogP contribution in [0.1, 0.15) is 15.9 Å². The van der Waals surface area contributed by atoms with Gasteiger partial charge in [-0.05, 0) is 18.2 Å². The number of nitrogens with zero attached hydrogens (tertiary/aromatic N) is 2. The van der Waals surface area contributed by atoms with E-state index >= 15 is 0 Å². The van der Waals surface area contributed by atoms with Crippen molar-refractivity contribution in [1.29, 1.82) is 0 Å². The fourth-order valence-electron chi connectivity index (χ4n) is 2.37. The lowest BCUT2D eigenvalue weighted by Gasteiger charge is -2.07. The predicted octanol–water partition coefficient (Wildman–Crippen LogP) is 3.98. The van der Waals surface area contributed by atoms with Crippen molar-refractivity contribution in [3.63, 3.8) is 0 Å². The smallest absolute Gasteiger partial charge is 0.260 e. The van der Waals surface area contributed by atoms with E-state index in [-0.39, 0.29) is 23.2 Å². The SMILES string of the molecule is COc1ccccc1C(=O)Nc1nn(Cc2ccccc2F)cc1Cl. The average molecular weight is 360 g/mol. The second-order valence-electron chi connectivity index (χ2n) is 5.27. The molecule has 0 unspecified atom stereocenters. The summed E-state index contributed by atoms with van der Waals surface area (Å²) in [5.74, 6) is -0.0694. The topological polar surface area (TPSA) is 56.1 Å². The summed E-state index contributed by atoms with van der Waals surface area (Å²) in [5, 5.41) is 7.12. The molecule has 0 atom stereocenters. The summed E-state index contributed by atoms with van der Waals surface area (Å²) in [6, 6.07) is 13.2. The molecule has 0 saturated carbocycles. The van der Waals surface area contributed by atoms with Gasteiger partial charge < -0.3 is 10.1 Å². The first-order valence-corrected chi connectivity index (χ1v) is 7.87. The molecule has 0 spiro atoms. The number of carbonyl (C=O) groups is 1. The van der Waals surface area contributed by atoms with Crippen LogP contribution in [-0.2, 0) is 6.54 Å². The second kappa shape index (κ2) is 7.36. The zero-order chi connectivity index (χ0) is 17.8. The van der Waals surface area contributed by atoms with Crippen molar-refractivity contribution in [2.75, 3.05) is 12.4 Å². The molecule has 1 amide bonds. The molecule has 1 aromatic heterocycles. The lowest BCUT2D eigenvalue weighted by Crippen LogP contribution is -2.14. The standard InChI is InChI=1S/C18H15ClFN3O2/c1-25-16-9-5-3-7-13(16)18(24)21-17-14(19)11-23(22-17)10-12-6-2-4-8-15(12)20/h2-9,11H,10H2,1H3,(H,21,22,24). The monoisotopic (exact) mass is 359 g/mol. The minimum absolute atomic E-state index is 0.203. The minimum atomic E-state index is -0.393. The molecule has 3 aromatic rings. The molecule has 25 heavy (non-hydrogen) atoms. The minimum Gasteiger partial charge on any atom is -0.496 e. The summed E-state index contributed by atoms with van der Waals surface area (Å²) in [7, 11) is 1.49. The summed E-state index contributed by atoms with van der Waals surface area (Å²) >= 11 is 6.13. The van der Waals surface area contributed by atoms with Crippen molar-refractivity contribution in [3.8, 4) is 5.75 Å². The van der Waals surface area contributed by atoms with Gasteiger partial charge in [0, 0.05) is 11.8 Å². The number of amides is 1. The number of benzene rings is 2. The molecule has 0 aliphatic rings. The van der Waals surface area contributed by atoms with E-state index in [0.29, 0.717) is 16.9 Å². The third-order valence-electron chi connectivity index (χ3n) is 3.59. The number of halogens is 2. The van der Waals surface area contributed by atoms with E-state index in [9.17, 15) is 9.18 Å². The van der Waals surface area contributed by atoms with E-state index in [1.807, 2.05) is 0 Å². The molecule has 7 heteroatoms. The number of ether oxygens (including phenoxy) is 1. The van der Waals surface area contributed by atoms with Crippen LogP contribution < -0.4 is 10.1 Å². The van der Waals surface area contributed by atoms with Gasteiger partial charge in [-0.15, -0.1) is 0 Å². The molecule has 0 saturated heterocycles. The molecule has 0 aliphatic carbocycles. The number of hydrogen-bond donors (Lipinski definition) is 1. The third-order valence-corrected chi connectivity index (χ3v) is 3.87. The Kier molecular flexibility index (Phi) is 5.00. The van der Waals surface area contributed by atoms with Gasteiger partial charge in [0.05, 0.1) is 19.2 Å². The summed E-state index contributed by atoms with van der Waals surface area (Å²) in [4.78, 5) is 12.4. The number of para-hydroxylation sites is 1. The molecule has 0 bridgehead atoms. The van der Waals surface area contributed by atoms with Gasteiger partial charge in [0.15, 0.2) is 5.82 Å².